The lowest BCUT2D eigenvalue weighted by atomic mass is 10.1. The van der Waals surface area contributed by atoms with Crippen LogP contribution in [0.25, 0.3) is 0 Å². The quantitative estimate of drug-likeness (QED) is 0.514. The summed E-state index contributed by atoms with van der Waals surface area (Å²) in [5.74, 6) is -1.66. The zero-order valence-corrected chi connectivity index (χ0v) is 14.3. The Labute approximate surface area is 153 Å². The summed E-state index contributed by atoms with van der Waals surface area (Å²) in [7, 11) is 0. The molecule has 0 aliphatic rings. The molecular formula is C18H16F2N6O. The molecule has 2 aromatic carbocycles. The Bertz CT molecular complexity index is 978. The molecule has 0 bridgehead atoms. The van der Waals surface area contributed by atoms with Crippen LogP contribution in [-0.2, 0) is 0 Å². The molecule has 0 fully saturated rings. The van der Waals surface area contributed by atoms with Crippen molar-refractivity contribution in [2.75, 3.05) is 16.5 Å². The van der Waals surface area contributed by atoms with Crippen LogP contribution in [0.3, 0.4) is 0 Å². The minimum absolute atomic E-state index is 0.00330. The first-order valence-corrected chi connectivity index (χ1v) is 7.89. The summed E-state index contributed by atoms with van der Waals surface area (Å²) in [6, 6.07) is 10.0. The summed E-state index contributed by atoms with van der Waals surface area (Å²) in [5, 5.41) is 2.66. The predicted octanol–water partition coefficient (Wildman–Crippen LogP) is 3.15. The van der Waals surface area contributed by atoms with Crippen LogP contribution in [0.5, 0.6) is 0 Å². The van der Waals surface area contributed by atoms with Gasteiger partial charge in [0.05, 0.1) is 5.69 Å². The van der Waals surface area contributed by atoms with E-state index < -0.39 is 11.6 Å². The molecule has 3 rings (SSSR count). The molecule has 0 spiro atoms. The molecule has 27 heavy (non-hydrogen) atoms. The average molecular weight is 370 g/mol. The van der Waals surface area contributed by atoms with Gasteiger partial charge < -0.3 is 11.1 Å². The highest BCUT2D eigenvalue weighted by Gasteiger charge is 2.12. The smallest absolute Gasteiger partial charge is 0.269 e. The molecule has 1 heterocycles. The lowest BCUT2D eigenvalue weighted by molar-refractivity contribution is 0.0962. The highest BCUT2D eigenvalue weighted by atomic mass is 19.1. The fourth-order valence-electron chi connectivity index (χ4n) is 2.21. The van der Waals surface area contributed by atoms with Crippen molar-refractivity contribution in [3.63, 3.8) is 0 Å². The molecular weight excluding hydrogens is 354 g/mol. The molecule has 9 heteroatoms. The largest absolute Gasteiger partial charge is 0.393 e. The number of hydrogen-bond donors (Lipinski definition) is 4. The van der Waals surface area contributed by atoms with Crippen LogP contribution in [0.4, 0.5) is 31.8 Å². The van der Waals surface area contributed by atoms with Crippen LogP contribution >= 0.6 is 0 Å². The number of nitrogens with zero attached hydrogens (tertiary/aromatic N) is 2. The van der Waals surface area contributed by atoms with Crippen molar-refractivity contribution in [2.45, 2.75) is 6.92 Å². The fraction of sp³-hybridized carbons (Fsp3) is 0.0556. The first-order chi connectivity index (χ1) is 12.9. The molecule has 3 aromatic rings. The van der Waals surface area contributed by atoms with Crippen LogP contribution in [-0.4, -0.2) is 15.9 Å². The molecule has 1 amide bonds. The topological polar surface area (TPSA) is 105 Å². The number of hydrazine groups is 1. The molecule has 0 saturated heterocycles. The maximum atomic E-state index is 13.8. The van der Waals surface area contributed by atoms with Gasteiger partial charge in [0, 0.05) is 11.6 Å². The van der Waals surface area contributed by atoms with E-state index in [1.165, 1.54) is 12.4 Å². The normalized spacial score (nSPS) is 10.3. The zero-order chi connectivity index (χ0) is 19.4. The number of nitrogen functional groups attached to an aromatic ring is 1. The molecule has 7 nitrogen and oxygen atoms in total. The van der Waals surface area contributed by atoms with Gasteiger partial charge in [-0.05, 0) is 31.2 Å². The van der Waals surface area contributed by atoms with E-state index in [-0.39, 0.29) is 28.9 Å². The number of rotatable bonds is 5. The van der Waals surface area contributed by atoms with Crippen molar-refractivity contribution in [3.05, 3.63) is 71.6 Å². The number of hydrogen-bond acceptors (Lipinski definition) is 6. The predicted molar refractivity (Wildman–Crippen MR) is 98.4 cm³/mol. The van der Waals surface area contributed by atoms with E-state index >= 15 is 0 Å². The molecule has 0 radical (unpaired) electrons. The Balaban J connectivity index is 1.72. The second kappa shape index (κ2) is 7.65. The summed E-state index contributed by atoms with van der Waals surface area (Å²) in [4.78, 5) is 20.0. The van der Waals surface area contributed by atoms with Crippen LogP contribution in [0, 0.1) is 18.6 Å². The number of benzene rings is 2. The van der Waals surface area contributed by atoms with E-state index in [4.69, 9.17) is 5.73 Å². The number of anilines is 4. The number of aryl methyl sites for hydroxylation is 1. The van der Waals surface area contributed by atoms with Crippen LogP contribution in [0.2, 0.25) is 0 Å². The summed E-state index contributed by atoms with van der Waals surface area (Å²) in [6.07, 6.45) is 1.18. The second-order valence-corrected chi connectivity index (χ2v) is 5.68. The second-order valence-electron chi connectivity index (χ2n) is 5.68. The first kappa shape index (κ1) is 18.1. The summed E-state index contributed by atoms with van der Waals surface area (Å²) in [6.45, 7) is 1.92. The first-order valence-electron chi connectivity index (χ1n) is 7.89. The van der Waals surface area contributed by atoms with E-state index in [0.717, 1.165) is 17.7 Å². The molecule has 0 unspecified atom stereocenters. The Kier molecular flexibility index (Phi) is 5.11. The molecule has 5 N–H and O–H groups in total. The van der Waals surface area contributed by atoms with Crippen molar-refractivity contribution in [1.82, 2.24) is 15.4 Å². The third-order valence-corrected chi connectivity index (χ3v) is 3.68. The highest BCUT2D eigenvalue weighted by Crippen LogP contribution is 2.26. The highest BCUT2D eigenvalue weighted by molar-refractivity contribution is 5.95. The Morgan fingerprint density at radius 3 is 2.44 bits per heavy atom. The van der Waals surface area contributed by atoms with Gasteiger partial charge in [-0.1, -0.05) is 17.7 Å². The molecule has 138 valence electrons. The third-order valence-electron chi connectivity index (χ3n) is 3.68. The zero-order valence-electron chi connectivity index (χ0n) is 14.3. The van der Waals surface area contributed by atoms with Gasteiger partial charge in [-0.2, -0.15) is 0 Å². The summed E-state index contributed by atoms with van der Waals surface area (Å²) in [5.41, 5.74) is 12.6. The number of aromatic nitrogens is 2. The third kappa shape index (κ3) is 4.27. The van der Waals surface area contributed by atoms with Crippen LogP contribution in [0.15, 0.2) is 48.8 Å². The summed E-state index contributed by atoms with van der Waals surface area (Å²) >= 11 is 0. The van der Waals surface area contributed by atoms with Crippen LogP contribution < -0.4 is 21.9 Å². The number of halogens is 2. The van der Waals surface area contributed by atoms with E-state index in [9.17, 15) is 13.6 Å². The maximum Gasteiger partial charge on any atom is 0.269 e. The van der Waals surface area contributed by atoms with Crippen molar-refractivity contribution in [2.24, 2.45) is 0 Å². The molecule has 0 atom stereocenters. The maximum absolute atomic E-state index is 13.8. The lowest BCUT2D eigenvalue weighted by Crippen LogP contribution is -2.30. The van der Waals surface area contributed by atoms with Gasteiger partial charge >= 0.3 is 0 Å². The van der Waals surface area contributed by atoms with Crippen molar-refractivity contribution >= 4 is 28.9 Å². The van der Waals surface area contributed by atoms with E-state index in [2.05, 4.69) is 26.1 Å². The number of carbonyl (C=O) groups excluding carboxylic acids is 1. The average Bonchev–Trinajstić information content (AvgIpc) is 2.65. The van der Waals surface area contributed by atoms with Gasteiger partial charge in [-0.3, -0.25) is 15.6 Å². The lowest BCUT2D eigenvalue weighted by Gasteiger charge is -2.13. The van der Waals surface area contributed by atoms with Crippen LogP contribution in [0.1, 0.15) is 15.9 Å². The minimum Gasteiger partial charge on any atom is -0.393 e. The Hall–Kier alpha value is -3.75. The van der Waals surface area contributed by atoms with Crippen molar-refractivity contribution in [3.8, 4) is 0 Å². The monoisotopic (exact) mass is 370 g/mol. The molecule has 1 aromatic heterocycles. The van der Waals surface area contributed by atoms with Gasteiger partial charge in [0.25, 0.3) is 5.91 Å². The standard InChI is InChI=1S/C18H16F2N6O/c1-10-2-4-11(5-3-10)18(27)26-25-17-15(21)16(22-9-23-17)24-14-7-6-12(19)8-13(14)20/h2-9H,21H2,1H3,(H,26,27)(H2,22,23,24,25). The Morgan fingerprint density at radius 2 is 1.74 bits per heavy atom. The van der Waals surface area contributed by atoms with Gasteiger partial charge in [-0.15, -0.1) is 0 Å². The number of carbonyl (C=O) groups is 1. The van der Waals surface area contributed by atoms with Gasteiger partial charge in [0.2, 0.25) is 0 Å². The van der Waals surface area contributed by atoms with E-state index in [0.29, 0.717) is 5.56 Å². The van der Waals surface area contributed by atoms with Crippen molar-refractivity contribution in [1.29, 1.82) is 0 Å². The summed E-state index contributed by atoms with van der Waals surface area (Å²) < 4.78 is 26.8. The number of nitrogens with one attached hydrogen (secondary N) is 3. The van der Waals surface area contributed by atoms with Gasteiger partial charge in [0.1, 0.15) is 23.6 Å². The fourth-order valence-corrected chi connectivity index (χ4v) is 2.21. The minimum atomic E-state index is -0.796. The molecule has 0 saturated carbocycles. The Morgan fingerprint density at radius 1 is 1.04 bits per heavy atom. The SMILES string of the molecule is Cc1ccc(C(=O)NNc2ncnc(Nc3ccc(F)cc3F)c2N)cc1. The van der Waals surface area contributed by atoms with E-state index in [1.807, 2.05) is 19.1 Å². The van der Waals surface area contributed by atoms with E-state index in [1.54, 1.807) is 12.1 Å². The molecule has 0 aliphatic carbocycles. The number of nitrogens with two attached hydrogens (primary N) is 1. The molecule has 0 aliphatic heterocycles. The van der Waals surface area contributed by atoms with Gasteiger partial charge in [0.15, 0.2) is 11.6 Å². The van der Waals surface area contributed by atoms with Crippen molar-refractivity contribution < 1.29 is 13.6 Å². The van der Waals surface area contributed by atoms with Gasteiger partial charge in [-0.25, -0.2) is 18.7 Å². The number of amides is 1.